The van der Waals surface area contributed by atoms with Crippen LogP contribution < -0.4 is 20.9 Å². The van der Waals surface area contributed by atoms with E-state index in [9.17, 15) is 18.4 Å². The van der Waals surface area contributed by atoms with Gasteiger partial charge in [0.25, 0.3) is 5.91 Å². The minimum atomic E-state index is -0.541. The predicted octanol–water partition coefficient (Wildman–Crippen LogP) is 5.45. The zero-order chi connectivity index (χ0) is 24.1. The lowest BCUT2D eigenvalue weighted by Crippen LogP contribution is -2.26. The van der Waals surface area contributed by atoms with Gasteiger partial charge in [-0.15, -0.1) is 0 Å². The number of halogens is 2. The summed E-state index contributed by atoms with van der Waals surface area (Å²) in [6.45, 7) is 3.52. The standard InChI is InChI=1S/C26H26F2N4O2/c1-17-7-9-21(15-22(17)28)30-26(34)31-23-14-19(8-10-24(23)32-11-2-3-12-32)25(33)29-16-18-5-4-6-20(27)13-18/h4-10,13-15H,2-3,11-12,16H2,1H3,(H,29,33)(H2,30,31,34). The number of amides is 3. The molecule has 1 saturated heterocycles. The SMILES string of the molecule is Cc1ccc(NC(=O)Nc2cc(C(=O)NCc3cccc(F)c3)ccc2N2CCCC2)cc1F. The van der Waals surface area contributed by atoms with Crippen LogP contribution in [0.5, 0.6) is 0 Å². The van der Waals surface area contributed by atoms with Crippen molar-refractivity contribution in [2.75, 3.05) is 28.6 Å². The highest BCUT2D eigenvalue weighted by molar-refractivity contribution is 6.04. The van der Waals surface area contributed by atoms with Crippen molar-refractivity contribution in [3.05, 3.63) is 89.0 Å². The maximum atomic E-state index is 13.8. The van der Waals surface area contributed by atoms with E-state index >= 15 is 0 Å². The number of aryl methyl sites for hydroxylation is 1. The van der Waals surface area contributed by atoms with E-state index in [2.05, 4.69) is 20.9 Å². The van der Waals surface area contributed by atoms with Crippen LogP contribution in [0.2, 0.25) is 0 Å². The Bertz CT molecular complexity index is 1210. The van der Waals surface area contributed by atoms with Gasteiger partial charge in [0.15, 0.2) is 0 Å². The summed E-state index contributed by atoms with van der Waals surface area (Å²) in [5.74, 6) is -1.12. The van der Waals surface area contributed by atoms with E-state index in [1.807, 2.05) is 6.07 Å². The van der Waals surface area contributed by atoms with Crippen LogP contribution in [0.1, 0.15) is 34.3 Å². The van der Waals surface area contributed by atoms with Gasteiger partial charge in [-0.25, -0.2) is 13.6 Å². The molecule has 8 heteroatoms. The molecular formula is C26H26F2N4O2. The summed E-state index contributed by atoms with van der Waals surface area (Å²) in [7, 11) is 0. The Balaban J connectivity index is 1.51. The molecule has 0 aromatic heterocycles. The van der Waals surface area contributed by atoms with E-state index in [0.717, 1.165) is 31.6 Å². The molecule has 3 aromatic rings. The molecule has 0 atom stereocenters. The van der Waals surface area contributed by atoms with Gasteiger partial charge in [-0.3, -0.25) is 4.79 Å². The minimum Gasteiger partial charge on any atom is -0.370 e. The number of hydrogen-bond acceptors (Lipinski definition) is 3. The summed E-state index contributed by atoms with van der Waals surface area (Å²) < 4.78 is 27.2. The van der Waals surface area contributed by atoms with E-state index < -0.39 is 11.8 Å². The Morgan fingerprint density at radius 1 is 0.941 bits per heavy atom. The summed E-state index contributed by atoms with van der Waals surface area (Å²) in [6, 6.07) is 15.1. The summed E-state index contributed by atoms with van der Waals surface area (Å²) in [4.78, 5) is 27.6. The van der Waals surface area contributed by atoms with Gasteiger partial charge in [-0.05, 0) is 73.4 Å². The maximum Gasteiger partial charge on any atom is 0.323 e. The number of nitrogens with zero attached hydrogens (tertiary/aromatic N) is 1. The molecule has 1 aliphatic heterocycles. The van der Waals surface area contributed by atoms with Crippen molar-refractivity contribution in [3.63, 3.8) is 0 Å². The third-order valence-electron chi connectivity index (χ3n) is 5.73. The van der Waals surface area contributed by atoms with E-state index in [4.69, 9.17) is 0 Å². The van der Waals surface area contributed by atoms with Gasteiger partial charge in [-0.2, -0.15) is 0 Å². The van der Waals surface area contributed by atoms with E-state index in [1.165, 1.54) is 18.2 Å². The first-order valence-electron chi connectivity index (χ1n) is 11.1. The molecule has 0 radical (unpaired) electrons. The first kappa shape index (κ1) is 23.2. The Kier molecular flexibility index (Phi) is 7.06. The first-order chi connectivity index (χ1) is 16.4. The van der Waals surface area contributed by atoms with Crippen LogP contribution >= 0.6 is 0 Å². The molecule has 3 N–H and O–H groups in total. The highest BCUT2D eigenvalue weighted by Crippen LogP contribution is 2.30. The van der Waals surface area contributed by atoms with Gasteiger partial charge in [0.05, 0.1) is 11.4 Å². The second-order valence-electron chi connectivity index (χ2n) is 8.28. The van der Waals surface area contributed by atoms with Crippen molar-refractivity contribution in [2.45, 2.75) is 26.3 Å². The lowest BCUT2D eigenvalue weighted by atomic mass is 10.1. The molecule has 1 fully saturated rings. The Morgan fingerprint density at radius 2 is 1.74 bits per heavy atom. The lowest BCUT2D eigenvalue weighted by molar-refractivity contribution is 0.0951. The van der Waals surface area contributed by atoms with Crippen molar-refractivity contribution in [1.82, 2.24) is 5.32 Å². The van der Waals surface area contributed by atoms with Crippen LogP contribution in [0.3, 0.4) is 0 Å². The smallest absolute Gasteiger partial charge is 0.323 e. The largest absolute Gasteiger partial charge is 0.370 e. The molecule has 0 saturated carbocycles. The zero-order valence-electron chi connectivity index (χ0n) is 18.8. The molecule has 0 spiro atoms. The Labute approximate surface area is 197 Å². The van der Waals surface area contributed by atoms with Crippen LogP contribution in [0, 0.1) is 18.6 Å². The molecular weight excluding hydrogens is 438 g/mol. The number of carbonyl (C=O) groups excluding carboxylic acids is 2. The van der Waals surface area contributed by atoms with E-state index in [-0.39, 0.29) is 18.3 Å². The van der Waals surface area contributed by atoms with E-state index in [0.29, 0.717) is 28.1 Å². The molecule has 0 aliphatic carbocycles. The molecule has 1 heterocycles. The number of hydrogen-bond donors (Lipinski definition) is 3. The average Bonchev–Trinajstić information content (AvgIpc) is 3.34. The fourth-order valence-corrected chi connectivity index (χ4v) is 3.90. The van der Waals surface area contributed by atoms with Crippen LogP contribution in [-0.4, -0.2) is 25.0 Å². The summed E-state index contributed by atoms with van der Waals surface area (Å²) in [5, 5.41) is 8.21. The second kappa shape index (κ2) is 10.3. The third-order valence-corrected chi connectivity index (χ3v) is 5.73. The number of carbonyl (C=O) groups is 2. The molecule has 3 amide bonds. The van der Waals surface area contributed by atoms with Gasteiger partial charge in [0.1, 0.15) is 11.6 Å². The van der Waals surface area contributed by atoms with Gasteiger partial charge in [0, 0.05) is 30.9 Å². The molecule has 1 aliphatic rings. The number of nitrogens with one attached hydrogen (secondary N) is 3. The van der Waals surface area contributed by atoms with Crippen LogP contribution in [0.15, 0.2) is 60.7 Å². The molecule has 34 heavy (non-hydrogen) atoms. The molecule has 6 nitrogen and oxygen atoms in total. The number of urea groups is 1. The second-order valence-corrected chi connectivity index (χ2v) is 8.28. The summed E-state index contributed by atoms with van der Waals surface area (Å²) >= 11 is 0. The minimum absolute atomic E-state index is 0.173. The van der Waals surface area contributed by atoms with Crippen LogP contribution in [0.4, 0.5) is 30.6 Å². The Hall–Kier alpha value is -3.94. The normalized spacial score (nSPS) is 13.0. The fraction of sp³-hybridized carbons (Fsp3) is 0.231. The van der Waals surface area contributed by atoms with Crippen molar-refractivity contribution in [1.29, 1.82) is 0 Å². The van der Waals surface area contributed by atoms with Crippen LogP contribution in [0.25, 0.3) is 0 Å². The van der Waals surface area contributed by atoms with Gasteiger partial charge >= 0.3 is 6.03 Å². The summed E-state index contributed by atoms with van der Waals surface area (Å²) in [6.07, 6.45) is 2.09. The number of anilines is 3. The van der Waals surface area contributed by atoms with Crippen LogP contribution in [-0.2, 0) is 6.54 Å². The highest BCUT2D eigenvalue weighted by atomic mass is 19.1. The van der Waals surface area contributed by atoms with Crippen molar-refractivity contribution >= 4 is 29.0 Å². The van der Waals surface area contributed by atoms with Crippen molar-refractivity contribution in [2.24, 2.45) is 0 Å². The summed E-state index contributed by atoms with van der Waals surface area (Å²) in [5.41, 5.74) is 3.10. The van der Waals surface area contributed by atoms with Gasteiger partial charge in [-0.1, -0.05) is 18.2 Å². The molecule has 0 bridgehead atoms. The highest BCUT2D eigenvalue weighted by Gasteiger charge is 2.19. The molecule has 4 rings (SSSR count). The number of rotatable bonds is 6. The van der Waals surface area contributed by atoms with Gasteiger partial charge < -0.3 is 20.9 Å². The fourth-order valence-electron chi connectivity index (χ4n) is 3.90. The van der Waals surface area contributed by atoms with Crippen molar-refractivity contribution < 1.29 is 18.4 Å². The molecule has 0 unspecified atom stereocenters. The average molecular weight is 465 g/mol. The maximum absolute atomic E-state index is 13.8. The quantitative estimate of drug-likeness (QED) is 0.454. The monoisotopic (exact) mass is 464 g/mol. The van der Waals surface area contributed by atoms with Crippen molar-refractivity contribution in [3.8, 4) is 0 Å². The number of benzene rings is 3. The zero-order valence-corrected chi connectivity index (χ0v) is 18.8. The lowest BCUT2D eigenvalue weighted by Gasteiger charge is -2.22. The Morgan fingerprint density at radius 3 is 2.47 bits per heavy atom. The molecule has 176 valence electrons. The first-order valence-corrected chi connectivity index (χ1v) is 11.1. The third kappa shape index (κ3) is 5.70. The predicted molar refractivity (Wildman–Crippen MR) is 129 cm³/mol. The topological polar surface area (TPSA) is 73.5 Å². The van der Waals surface area contributed by atoms with Gasteiger partial charge in [0.2, 0.25) is 0 Å². The molecule has 3 aromatic carbocycles. The van der Waals surface area contributed by atoms with E-state index in [1.54, 1.807) is 43.3 Å².